The van der Waals surface area contributed by atoms with Gasteiger partial charge in [0, 0.05) is 27.4 Å². The summed E-state index contributed by atoms with van der Waals surface area (Å²) >= 11 is 6.43. The number of hydrogen-bond acceptors (Lipinski definition) is 5. The third-order valence-corrected chi connectivity index (χ3v) is 6.07. The van der Waals surface area contributed by atoms with Gasteiger partial charge in [0.1, 0.15) is 5.65 Å². The number of carbonyl (C=O) groups is 1. The molecule has 3 aromatic heterocycles. The average Bonchev–Trinajstić information content (AvgIpc) is 3.11. The van der Waals surface area contributed by atoms with Crippen molar-refractivity contribution in [3.63, 3.8) is 0 Å². The number of rotatable bonds is 6. The van der Waals surface area contributed by atoms with E-state index in [4.69, 9.17) is 0 Å². The molecule has 0 fully saturated rings. The molecule has 3 heterocycles. The molecule has 0 saturated heterocycles. The third kappa shape index (κ3) is 4.71. The van der Waals surface area contributed by atoms with Crippen LogP contribution in [-0.4, -0.2) is 20.5 Å². The van der Waals surface area contributed by atoms with Crippen molar-refractivity contribution in [3.05, 3.63) is 67.3 Å². The molecule has 1 N–H and O–H groups in total. The van der Waals surface area contributed by atoms with Crippen LogP contribution < -0.4 is 10.9 Å². The van der Waals surface area contributed by atoms with Gasteiger partial charge >= 0.3 is 0 Å². The van der Waals surface area contributed by atoms with Crippen molar-refractivity contribution in [3.8, 4) is 0 Å². The fourth-order valence-corrected chi connectivity index (χ4v) is 4.00. The summed E-state index contributed by atoms with van der Waals surface area (Å²) in [6.45, 7) is 2.41. The normalized spacial score (nSPS) is 12.2. The Morgan fingerprint density at radius 2 is 2.28 bits per heavy atom. The van der Waals surface area contributed by atoms with Crippen LogP contribution in [0.1, 0.15) is 17.5 Å². The topological polar surface area (TPSA) is 63.5 Å². The molecule has 5 nitrogen and oxygen atoms in total. The number of fused-ring (bicyclic) bond motifs is 1. The predicted molar refractivity (Wildman–Crippen MR) is 106 cm³/mol. The summed E-state index contributed by atoms with van der Waals surface area (Å²) in [5.41, 5.74) is 1.15. The third-order valence-electron chi connectivity index (χ3n) is 3.54. The molecular weight excluding hydrogens is 422 g/mol. The molecule has 0 aromatic carbocycles. The number of halogens is 1. The molecule has 130 valence electrons. The van der Waals surface area contributed by atoms with E-state index in [1.807, 2.05) is 30.5 Å². The molecule has 25 heavy (non-hydrogen) atoms. The standard InChI is InChI=1S/C17H16BrN3O2S2/c1-11(17(23)19-8-14-3-2-6-24-14)25-10-13-7-16(22)21-9-12(18)4-5-15(21)20-13/h2-7,9,11H,8,10H2,1H3,(H,19,23)/t11-/m0/s1. The summed E-state index contributed by atoms with van der Waals surface area (Å²) < 4.78 is 2.32. The summed E-state index contributed by atoms with van der Waals surface area (Å²) in [5.74, 6) is 0.495. The fraction of sp³-hybridized carbons (Fsp3) is 0.235. The van der Waals surface area contributed by atoms with E-state index >= 15 is 0 Å². The highest BCUT2D eigenvalue weighted by molar-refractivity contribution is 9.10. The van der Waals surface area contributed by atoms with Crippen LogP contribution in [-0.2, 0) is 17.1 Å². The maximum atomic E-state index is 12.2. The van der Waals surface area contributed by atoms with Crippen molar-refractivity contribution in [1.82, 2.24) is 14.7 Å². The summed E-state index contributed by atoms with van der Waals surface area (Å²) in [6.07, 6.45) is 1.70. The van der Waals surface area contributed by atoms with E-state index in [-0.39, 0.29) is 16.7 Å². The van der Waals surface area contributed by atoms with E-state index in [9.17, 15) is 9.59 Å². The minimum Gasteiger partial charge on any atom is -0.350 e. The minimum atomic E-state index is -0.217. The van der Waals surface area contributed by atoms with Crippen LogP contribution in [0.4, 0.5) is 0 Å². The Bertz CT molecular complexity index is 941. The summed E-state index contributed by atoms with van der Waals surface area (Å²) in [5, 5.41) is 4.70. The van der Waals surface area contributed by atoms with Crippen LogP contribution in [0.2, 0.25) is 0 Å². The Morgan fingerprint density at radius 1 is 1.44 bits per heavy atom. The average molecular weight is 438 g/mol. The van der Waals surface area contributed by atoms with Crippen LogP contribution in [0.25, 0.3) is 5.65 Å². The van der Waals surface area contributed by atoms with Gasteiger partial charge in [-0.05, 0) is 46.4 Å². The lowest BCUT2D eigenvalue weighted by molar-refractivity contribution is -0.120. The molecule has 0 aliphatic carbocycles. The first-order valence-electron chi connectivity index (χ1n) is 7.62. The molecule has 3 aromatic rings. The molecule has 0 radical (unpaired) electrons. The Hall–Kier alpha value is -1.64. The number of hydrogen-bond donors (Lipinski definition) is 1. The second-order valence-corrected chi connectivity index (χ2v) is 8.69. The number of nitrogens with one attached hydrogen (secondary N) is 1. The maximum Gasteiger partial charge on any atom is 0.258 e. The Kier molecular flexibility index (Phi) is 5.93. The van der Waals surface area contributed by atoms with Crippen molar-refractivity contribution in [2.24, 2.45) is 0 Å². The lowest BCUT2D eigenvalue weighted by Gasteiger charge is -2.11. The molecule has 0 aliphatic rings. The van der Waals surface area contributed by atoms with Gasteiger partial charge in [-0.25, -0.2) is 4.98 Å². The van der Waals surface area contributed by atoms with E-state index in [0.717, 1.165) is 9.35 Å². The first kappa shape index (κ1) is 18.2. The molecule has 0 spiro atoms. The van der Waals surface area contributed by atoms with Gasteiger partial charge in [0.05, 0.1) is 17.5 Å². The Morgan fingerprint density at radius 3 is 3.04 bits per heavy atom. The van der Waals surface area contributed by atoms with Gasteiger partial charge in [-0.15, -0.1) is 23.1 Å². The highest BCUT2D eigenvalue weighted by Gasteiger charge is 2.14. The SMILES string of the molecule is C[C@H](SCc1cc(=O)n2cc(Br)ccc2n1)C(=O)NCc1cccs1. The second kappa shape index (κ2) is 8.16. The number of carbonyl (C=O) groups excluding carboxylic acids is 1. The number of nitrogens with zero attached hydrogens (tertiary/aromatic N) is 2. The number of thioether (sulfide) groups is 1. The second-order valence-electron chi connectivity index (χ2n) is 5.41. The van der Waals surface area contributed by atoms with Crippen LogP contribution in [0.3, 0.4) is 0 Å². The van der Waals surface area contributed by atoms with E-state index in [2.05, 4.69) is 26.2 Å². The largest absolute Gasteiger partial charge is 0.350 e. The first-order chi connectivity index (χ1) is 12.0. The van der Waals surface area contributed by atoms with Gasteiger partial charge in [-0.3, -0.25) is 14.0 Å². The molecule has 1 atom stereocenters. The highest BCUT2D eigenvalue weighted by atomic mass is 79.9. The zero-order valence-electron chi connectivity index (χ0n) is 13.4. The van der Waals surface area contributed by atoms with Crippen molar-refractivity contribution in [2.75, 3.05) is 0 Å². The van der Waals surface area contributed by atoms with Gasteiger partial charge in [-0.2, -0.15) is 0 Å². The number of amides is 1. The van der Waals surface area contributed by atoms with Crippen LogP contribution in [0.15, 0.2) is 51.2 Å². The van der Waals surface area contributed by atoms with Gasteiger partial charge in [0.15, 0.2) is 0 Å². The summed E-state index contributed by atoms with van der Waals surface area (Å²) in [7, 11) is 0. The monoisotopic (exact) mass is 437 g/mol. The van der Waals surface area contributed by atoms with Gasteiger partial charge in [-0.1, -0.05) is 6.07 Å². The maximum absolute atomic E-state index is 12.2. The molecule has 0 unspecified atom stereocenters. The van der Waals surface area contributed by atoms with E-state index in [1.54, 1.807) is 23.6 Å². The van der Waals surface area contributed by atoms with Crippen molar-refractivity contribution < 1.29 is 4.79 Å². The van der Waals surface area contributed by atoms with Crippen LogP contribution in [0.5, 0.6) is 0 Å². The zero-order valence-corrected chi connectivity index (χ0v) is 16.7. The van der Waals surface area contributed by atoms with Crippen LogP contribution in [0, 0.1) is 0 Å². The number of thiophene rings is 1. The van der Waals surface area contributed by atoms with Crippen molar-refractivity contribution >= 4 is 50.6 Å². The smallest absolute Gasteiger partial charge is 0.258 e. The highest BCUT2D eigenvalue weighted by Crippen LogP contribution is 2.17. The molecular formula is C17H16BrN3O2S2. The molecule has 0 saturated carbocycles. The predicted octanol–water partition coefficient (Wildman–Crippen LogP) is 3.46. The molecule has 8 heteroatoms. The molecule has 0 bridgehead atoms. The Balaban J connectivity index is 1.60. The lowest BCUT2D eigenvalue weighted by Crippen LogP contribution is -2.30. The van der Waals surface area contributed by atoms with Crippen molar-refractivity contribution in [1.29, 1.82) is 0 Å². The van der Waals surface area contributed by atoms with E-state index < -0.39 is 0 Å². The van der Waals surface area contributed by atoms with E-state index in [1.165, 1.54) is 22.2 Å². The molecule has 0 aliphatic heterocycles. The molecule has 1 amide bonds. The fourth-order valence-electron chi connectivity index (χ4n) is 2.22. The van der Waals surface area contributed by atoms with E-state index in [0.29, 0.717) is 23.6 Å². The zero-order chi connectivity index (χ0) is 17.8. The van der Waals surface area contributed by atoms with Crippen LogP contribution >= 0.6 is 39.0 Å². The van der Waals surface area contributed by atoms with Crippen molar-refractivity contribution in [2.45, 2.75) is 24.5 Å². The quantitative estimate of drug-likeness (QED) is 0.641. The number of aromatic nitrogens is 2. The first-order valence-corrected chi connectivity index (χ1v) is 10.3. The number of pyridine rings is 1. The Labute approximate surface area is 161 Å². The minimum absolute atomic E-state index is 0.0140. The van der Waals surface area contributed by atoms with Gasteiger partial charge < -0.3 is 5.32 Å². The molecule has 3 rings (SSSR count). The van der Waals surface area contributed by atoms with Gasteiger partial charge in [0.25, 0.3) is 5.56 Å². The lowest BCUT2D eigenvalue weighted by atomic mass is 10.4. The van der Waals surface area contributed by atoms with Gasteiger partial charge in [0.2, 0.25) is 5.91 Å². The summed E-state index contributed by atoms with van der Waals surface area (Å²) in [6, 6.07) is 9.11. The summed E-state index contributed by atoms with van der Waals surface area (Å²) in [4.78, 5) is 29.9.